The summed E-state index contributed by atoms with van der Waals surface area (Å²) >= 11 is 0. The van der Waals surface area contributed by atoms with Crippen LogP contribution in [0.2, 0.25) is 0 Å². The summed E-state index contributed by atoms with van der Waals surface area (Å²) in [6, 6.07) is 5.76. The minimum absolute atomic E-state index is 0.179. The normalized spacial score (nSPS) is 11.0. The smallest absolute Gasteiger partial charge is 0.308 e. The lowest BCUT2D eigenvalue weighted by atomic mass is 10.0. The van der Waals surface area contributed by atoms with Gasteiger partial charge >= 0.3 is 5.97 Å². The minimum Gasteiger partial charge on any atom is -0.461 e. The first kappa shape index (κ1) is 16.0. The van der Waals surface area contributed by atoms with E-state index in [1.165, 1.54) is 11.6 Å². The lowest BCUT2D eigenvalue weighted by Gasteiger charge is -2.12. The van der Waals surface area contributed by atoms with Crippen LogP contribution in [0.5, 0.6) is 5.75 Å². The molecule has 0 spiro atoms. The summed E-state index contributed by atoms with van der Waals surface area (Å²) in [6.45, 7) is 6.75. The number of nitrogens with zero attached hydrogens (tertiary/aromatic N) is 2. The van der Waals surface area contributed by atoms with Gasteiger partial charge in [0.15, 0.2) is 5.75 Å². The van der Waals surface area contributed by atoms with Crippen LogP contribution in [-0.2, 0) is 11.8 Å². The second-order valence-corrected chi connectivity index (χ2v) is 5.84. The number of aromatic nitrogens is 2. The van der Waals surface area contributed by atoms with E-state index >= 15 is 0 Å². The van der Waals surface area contributed by atoms with Gasteiger partial charge in [-0.15, -0.1) is 0 Å². The SMILES string of the molecule is CC(=O)Oc1c(C)nn(C)c(=O)c1-c1c(C)oc2ccc(C)cc12. The van der Waals surface area contributed by atoms with E-state index in [1.54, 1.807) is 20.9 Å². The van der Waals surface area contributed by atoms with Crippen molar-refractivity contribution in [1.82, 2.24) is 9.78 Å². The van der Waals surface area contributed by atoms with Crippen LogP contribution >= 0.6 is 0 Å². The summed E-state index contributed by atoms with van der Waals surface area (Å²) < 4.78 is 12.3. The number of carbonyl (C=O) groups is 1. The number of hydrogen-bond donors (Lipinski definition) is 0. The van der Waals surface area contributed by atoms with Gasteiger partial charge in [0.2, 0.25) is 0 Å². The first-order chi connectivity index (χ1) is 11.3. The van der Waals surface area contributed by atoms with Crippen LogP contribution in [0.1, 0.15) is 23.9 Å². The van der Waals surface area contributed by atoms with Crippen molar-refractivity contribution in [3.63, 3.8) is 0 Å². The Morgan fingerprint density at radius 1 is 1.21 bits per heavy atom. The predicted octanol–water partition coefficient (Wildman–Crippen LogP) is 3.04. The molecule has 0 aliphatic carbocycles. The molecule has 24 heavy (non-hydrogen) atoms. The molecule has 6 nitrogen and oxygen atoms in total. The fourth-order valence-electron chi connectivity index (χ4n) is 2.89. The number of benzene rings is 1. The zero-order chi connectivity index (χ0) is 17.6. The van der Waals surface area contributed by atoms with Crippen molar-refractivity contribution in [2.75, 3.05) is 0 Å². The molecule has 0 fully saturated rings. The van der Waals surface area contributed by atoms with Gasteiger partial charge in [0.25, 0.3) is 5.56 Å². The number of rotatable bonds is 2. The second kappa shape index (κ2) is 5.63. The molecule has 3 rings (SSSR count). The molecule has 0 saturated heterocycles. The molecule has 0 radical (unpaired) electrons. The molecular formula is C18H18N2O4. The maximum absolute atomic E-state index is 12.8. The quantitative estimate of drug-likeness (QED) is 0.677. The van der Waals surface area contributed by atoms with E-state index in [-0.39, 0.29) is 11.3 Å². The Labute approximate surface area is 138 Å². The average molecular weight is 326 g/mol. The number of esters is 1. The first-order valence-electron chi connectivity index (χ1n) is 7.56. The molecule has 3 aromatic rings. The molecule has 6 heteroatoms. The minimum atomic E-state index is -0.504. The summed E-state index contributed by atoms with van der Waals surface area (Å²) in [5.74, 6) is 0.264. The third kappa shape index (κ3) is 2.50. The molecule has 0 aliphatic rings. The van der Waals surface area contributed by atoms with Crippen molar-refractivity contribution in [3.05, 3.63) is 45.6 Å². The number of furan rings is 1. The van der Waals surface area contributed by atoms with Gasteiger partial charge in [0, 0.05) is 24.9 Å². The standard InChI is InChI=1S/C18H18N2O4/c1-9-6-7-14-13(8-9)15(11(3)23-14)16-17(24-12(4)21)10(2)19-20(5)18(16)22/h6-8H,1-5H3. The average Bonchev–Trinajstić information content (AvgIpc) is 2.80. The Balaban J connectivity index is 2.46. The van der Waals surface area contributed by atoms with E-state index in [1.807, 2.05) is 25.1 Å². The highest BCUT2D eigenvalue weighted by Gasteiger charge is 2.24. The summed E-state index contributed by atoms with van der Waals surface area (Å²) in [5.41, 5.74) is 2.77. The Morgan fingerprint density at radius 3 is 2.58 bits per heavy atom. The molecule has 124 valence electrons. The molecule has 0 amide bonds. The van der Waals surface area contributed by atoms with Crippen molar-refractivity contribution in [2.45, 2.75) is 27.7 Å². The van der Waals surface area contributed by atoms with Gasteiger partial charge in [-0.05, 0) is 32.9 Å². The lowest BCUT2D eigenvalue weighted by molar-refractivity contribution is -0.131. The number of aryl methyl sites for hydroxylation is 4. The van der Waals surface area contributed by atoms with Crippen molar-refractivity contribution in [1.29, 1.82) is 0 Å². The van der Waals surface area contributed by atoms with E-state index in [0.29, 0.717) is 28.2 Å². The topological polar surface area (TPSA) is 74.3 Å². The lowest BCUT2D eigenvalue weighted by Crippen LogP contribution is -2.24. The van der Waals surface area contributed by atoms with Gasteiger partial charge in [0.1, 0.15) is 17.0 Å². The van der Waals surface area contributed by atoms with Gasteiger partial charge in [-0.2, -0.15) is 5.10 Å². The second-order valence-electron chi connectivity index (χ2n) is 5.84. The van der Waals surface area contributed by atoms with E-state index in [4.69, 9.17) is 9.15 Å². The Hall–Kier alpha value is -2.89. The monoisotopic (exact) mass is 326 g/mol. The van der Waals surface area contributed by atoms with Crippen molar-refractivity contribution in [3.8, 4) is 16.9 Å². The molecule has 1 aromatic carbocycles. The maximum atomic E-state index is 12.8. The Morgan fingerprint density at radius 2 is 1.92 bits per heavy atom. The van der Waals surface area contributed by atoms with Crippen molar-refractivity contribution >= 4 is 16.9 Å². The van der Waals surface area contributed by atoms with E-state index < -0.39 is 5.97 Å². The van der Waals surface area contributed by atoms with E-state index in [2.05, 4.69) is 5.10 Å². The highest BCUT2D eigenvalue weighted by molar-refractivity contribution is 5.98. The van der Waals surface area contributed by atoms with Crippen LogP contribution in [0.4, 0.5) is 0 Å². The number of fused-ring (bicyclic) bond motifs is 1. The summed E-state index contributed by atoms with van der Waals surface area (Å²) in [4.78, 5) is 24.3. The van der Waals surface area contributed by atoms with Gasteiger partial charge in [-0.25, -0.2) is 4.68 Å². The number of hydrogen-bond acceptors (Lipinski definition) is 5. The van der Waals surface area contributed by atoms with Gasteiger partial charge < -0.3 is 9.15 Å². The largest absolute Gasteiger partial charge is 0.461 e. The first-order valence-corrected chi connectivity index (χ1v) is 7.56. The molecular weight excluding hydrogens is 308 g/mol. The van der Waals surface area contributed by atoms with Gasteiger partial charge in [-0.3, -0.25) is 9.59 Å². The molecule has 0 aliphatic heterocycles. The van der Waals surface area contributed by atoms with E-state index in [9.17, 15) is 9.59 Å². The molecule has 2 heterocycles. The highest BCUT2D eigenvalue weighted by atomic mass is 16.5. The third-order valence-electron chi connectivity index (χ3n) is 3.88. The summed E-state index contributed by atoms with van der Waals surface area (Å²) in [5, 5.41) is 4.93. The van der Waals surface area contributed by atoms with Crippen LogP contribution in [-0.4, -0.2) is 15.7 Å². The third-order valence-corrected chi connectivity index (χ3v) is 3.88. The summed E-state index contributed by atoms with van der Waals surface area (Å²) in [7, 11) is 1.57. The van der Waals surface area contributed by atoms with Crippen LogP contribution in [0.15, 0.2) is 27.4 Å². The Bertz CT molecular complexity index is 1030. The van der Waals surface area contributed by atoms with Gasteiger partial charge in [0.05, 0.1) is 5.56 Å². The number of ether oxygens (including phenoxy) is 1. The van der Waals surface area contributed by atoms with Crippen LogP contribution in [0.25, 0.3) is 22.1 Å². The Kier molecular flexibility index (Phi) is 3.75. The van der Waals surface area contributed by atoms with E-state index in [0.717, 1.165) is 10.9 Å². The predicted molar refractivity (Wildman–Crippen MR) is 90.2 cm³/mol. The van der Waals surface area contributed by atoms with Crippen molar-refractivity contribution in [2.24, 2.45) is 7.05 Å². The summed E-state index contributed by atoms with van der Waals surface area (Å²) in [6.07, 6.45) is 0. The molecule has 0 saturated carbocycles. The fourth-order valence-corrected chi connectivity index (χ4v) is 2.89. The molecule has 2 aromatic heterocycles. The van der Waals surface area contributed by atoms with Crippen molar-refractivity contribution < 1.29 is 13.9 Å². The van der Waals surface area contributed by atoms with Gasteiger partial charge in [-0.1, -0.05) is 11.6 Å². The zero-order valence-corrected chi connectivity index (χ0v) is 14.3. The molecule has 0 bridgehead atoms. The maximum Gasteiger partial charge on any atom is 0.308 e. The van der Waals surface area contributed by atoms with Crippen LogP contribution in [0, 0.1) is 20.8 Å². The molecule has 0 unspecified atom stereocenters. The zero-order valence-electron chi connectivity index (χ0n) is 14.3. The number of carbonyl (C=O) groups excluding carboxylic acids is 1. The molecule has 0 N–H and O–H groups in total. The van der Waals surface area contributed by atoms with Crippen LogP contribution < -0.4 is 10.3 Å². The van der Waals surface area contributed by atoms with Crippen LogP contribution in [0.3, 0.4) is 0 Å². The molecule has 0 atom stereocenters. The highest BCUT2D eigenvalue weighted by Crippen LogP contribution is 2.38. The fraction of sp³-hybridized carbons (Fsp3) is 0.278.